The van der Waals surface area contributed by atoms with E-state index in [9.17, 15) is 13.2 Å². The van der Waals surface area contributed by atoms with Crippen LogP contribution in [-0.4, -0.2) is 19.3 Å². The fourth-order valence-corrected chi connectivity index (χ4v) is 0.449. The Bertz CT molecular complexity index is 119. The zero-order chi connectivity index (χ0) is 8.74. The zero-order valence-corrected chi connectivity index (χ0v) is 5.99. The molecule has 0 aromatic heterocycles. The van der Waals surface area contributed by atoms with Gasteiger partial charge in [-0.15, -0.1) is 0 Å². The maximum Gasteiger partial charge on any atom is 0.390 e. The second-order valence-electron chi connectivity index (χ2n) is 1.96. The van der Waals surface area contributed by atoms with Crippen molar-refractivity contribution >= 4 is 0 Å². The summed E-state index contributed by atoms with van der Waals surface area (Å²) in [4.78, 5) is 0. The van der Waals surface area contributed by atoms with Crippen molar-refractivity contribution in [1.82, 2.24) is 5.32 Å². The zero-order valence-electron chi connectivity index (χ0n) is 5.99. The average Bonchev–Trinajstić information content (AvgIpc) is 1.85. The van der Waals surface area contributed by atoms with Crippen LogP contribution in [0.3, 0.4) is 0 Å². The van der Waals surface area contributed by atoms with E-state index < -0.39 is 12.6 Å². The molecule has 0 radical (unpaired) electrons. The lowest BCUT2D eigenvalue weighted by Crippen LogP contribution is -2.17. The molecule has 0 aromatic rings. The van der Waals surface area contributed by atoms with Crippen LogP contribution in [0.4, 0.5) is 13.2 Å². The summed E-state index contributed by atoms with van der Waals surface area (Å²) in [5.41, 5.74) is 5.05. The molecule has 0 atom stereocenters. The van der Waals surface area contributed by atoms with Gasteiger partial charge in [-0.05, 0) is 6.20 Å². The minimum Gasteiger partial charge on any atom is -0.391 e. The highest BCUT2D eigenvalue weighted by Crippen LogP contribution is 2.17. The Morgan fingerprint density at radius 1 is 1.36 bits per heavy atom. The topological polar surface area (TPSA) is 38.0 Å². The van der Waals surface area contributed by atoms with Gasteiger partial charge in [0.1, 0.15) is 0 Å². The maximum atomic E-state index is 11.5. The van der Waals surface area contributed by atoms with E-state index in [1.165, 1.54) is 6.20 Å². The Morgan fingerprint density at radius 2 is 2.00 bits per heavy atom. The number of hydrogen-bond donors (Lipinski definition) is 2. The van der Waals surface area contributed by atoms with E-state index in [1.807, 2.05) is 0 Å². The van der Waals surface area contributed by atoms with Gasteiger partial charge < -0.3 is 11.1 Å². The fraction of sp³-hybridized carbons (Fsp3) is 0.667. The fourth-order valence-electron chi connectivity index (χ4n) is 0.449. The second-order valence-corrected chi connectivity index (χ2v) is 1.96. The molecular weight excluding hydrogens is 157 g/mol. The van der Waals surface area contributed by atoms with Crippen molar-refractivity contribution in [2.75, 3.05) is 13.1 Å². The number of hydrogen-bond acceptors (Lipinski definition) is 2. The van der Waals surface area contributed by atoms with Crippen molar-refractivity contribution in [3.05, 3.63) is 12.3 Å². The van der Waals surface area contributed by atoms with Crippen LogP contribution in [0.2, 0.25) is 0 Å². The van der Waals surface area contributed by atoms with Gasteiger partial charge in [0.2, 0.25) is 0 Å². The molecule has 0 saturated carbocycles. The Labute approximate surface area is 63.3 Å². The maximum absolute atomic E-state index is 11.5. The van der Waals surface area contributed by atoms with Gasteiger partial charge in [-0.2, -0.15) is 13.2 Å². The lowest BCUT2D eigenvalue weighted by Gasteiger charge is -2.04. The molecule has 0 unspecified atom stereocenters. The van der Waals surface area contributed by atoms with Crippen LogP contribution in [0.5, 0.6) is 0 Å². The van der Waals surface area contributed by atoms with Crippen molar-refractivity contribution in [1.29, 1.82) is 0 Å². The first kappa shape index (κ1) is 10.3. The van der Waals surface area contributed by atoms with Gasteiger partial charge in [-0.25, -0.2) is 0 Å². The van der Waals surface area contributed by atoms with Crippen LogP contribution in [0, 0.1) is 0 Å². The summed E-state index contributed by atoms with van der Waals surface area (Å²) in [6.45, 7) is 0.235. The third-order valence-corrected chi connectivity index (χ3v) is 0.925. The SMILES string of the molecule is NC/C=C\NCCC(F)(F)F. The second kappa shape index (κ2) is 5.01. The minimum atomic E-state index is -4.08. The lowest BCUT2D eigenvalue weighted by molar-refractivity contribution is -0.133. The van der Waals surface area contributed by atoms with Crippen LogP contribution < -0.4 is 11.1 Å². The summed E-state index contributed by atoms with van der Waals surface area (Å²) in [7, 11) is 0. The van der Waals surface area contributed by atoms with Gasteiger partial charge in [0, 0.05) is 13.1 Å². The van der Waals surface area contributed by atoms with Gasteiger partial charge in [-0.1, -0.05) is 6.08 Å². The first-order chi connectivity index (χ1) is 5.06. The van der Waals surface area contributed by atoms with Gasteiger partial charge in [0.15, 0.2) is 0 Å². The molecule has 0 aliphatic carbocycles. The molecule has 0 aliphatic rings. The molecule has 0 aliphatic heterocycles. The van der Waals surface area contributed by atoms with Crippen molar-refractivity contribution in [2.45, 2.75) is 12.6 Å². The van der Waals surface area contributed by atoms with Crippen molar-refractivity contribution < 1.29 is 13.2 Å². The first-order valence-electron chi connectivity index (χ1n) is 3.21. The van der Waals surface area contributed by atoms with Gasteiger partial charge in [0.25, 0.3) is 0 Å². The highest BCUT2D eigenvalue weighted by molar-refractivity contribution is 4.79. The summed E-state index contributed by atoms with van der Waals surface area (Å²) >= 11 is 0. The molecule has 3 N–H and O–H groups in total. The highest BCUT2D eigenvalue weighted by atomic mass is 19.4. The molecule has 0 saturated heterocycles. The van der Waals surface area contributed by atoms with E-state index in [0.29, 0.717) is 6.54 Å². The number of alkyl halides is 3. The van der Waals surface area contributed by atoms with E-state index in [4.69, 9.17) is 5.73 Å². The van der Waals surface area contributed by atoms with E-state index >= 15 is 0 Å². The predicted molar refractivity (Wildman–Crippen MR) is 36.9 cm³/mol. The van der Waals surface area contributed by atoms with E-state index in [0.717, 1.165) is 0 Å². The summed E-state index contributed by atoms with van der Waals surface area (Å²) in [6.07, 6.45) is -1.92. The lowest BCUT2D eigenvalue weighted by atomic mass is 10.4. The minimum absolute atomic E-state index is 0.0972. The summed E-state index contributed by atoms with van der Waals surface area (Å²) in [5.74, 6) is 0. The molecule has 0 rings (SSSR count). The number of nitrogens with two attached hydrogens (primary N) is 1. The molecule has 11 heavy (non-hydrogen) atoms. The first-order valence-corrected chi connectivity index (χ1v) is 3.21. The van der Waals surface area contributed by atoms with Crippen LogP contribution in [-0.2, 0) is 0 Å². The van der Waals surface area contributed by atoms with Crippen molar-refractivity contribution in [3.8, 4) is 0 Å². The Kier molecular flexibility index (Phi) is 4.69. The third-order valence-electron chi connectivity index (χ3n) is 0.925. The van der Waals surface area contributed by atoms with Crippen molar-refractivity contribution in [2.24, 2.45) is 5.73 Å². The van der Waals surface area contributed by atoms with Gasteiger partial charge in [-0.3, -0.25) is 0 Å². The largest absolute Gasteiger partial charge is 0.391 e. The number of rotatable bonds is 4. The van der Waals surface area contributed by atoms with Crippen LogP contribution in [0.1, 0.15) is 6.42 Å². The molecule has 2 nitrogen and oxygen atoms in total. The average molecular weight is 168 g/mol. The Balaban J connectivity index is 3.21. The molecule has 0 aromatic carbocycles. The quantitative estimate of drug-likeness (QED) is 0.614. The molecule has 0 bridgehead atoms. The van der Waals surface area contributed by atoms with Gasteiger partial charge >= 0.3 is 6.18 Å². The predicted octanol–water partition coefficient (Wildman–Crippen LogP) is 1.00. The monoisotopic (exact) mass is 168 g/mol. The number of halogens is 3. The van der Waals surface area contributed by atoms with Crippen LogP contribution in [0.15, 0.2) is 12.3 Å². The molecule has 66 valence electrons. The van der Waals surface area contributed by atoms with Gasteiger partial charge in [0.05, 0.1) is 6.42 Å². The molecule has 0 heterocycles. The van der Waals surface area contributed by atoms with Crippen LogP contribution in [0.25, 0.3) is 0 Å². The normalized spacial score (nSPS) is 12.4. The summed E-state index contributed by atoms with van der Waals surface area (Å²) < 4.78 is 34.4. The van der Waals surface area contributed by atoms with Crippen LogP contribution >= 0.6 is 0 Å². The summed E-state index contributed by atoms with van der Waals surface area (Å²) in [6, 6.07) is 0. The molecule has 5 heteroatoms. The smallest absolute Gasteiger partial charge is 0.390 e. The molecule has 0 fully saturated rings. The Morgan fingerprint density at radius 3 is 2.45 bits per heavy atom. The molecule has 0 amide bonds. The summed E-state index contributed by atoms with van der Waals surface area (Å²) in [5, 5.41) is 2.46. The Hall–Kier alpha value is -0.710. The molecule has 0 spiro atoms. The van der Waals surface area contributed by atoms with Crippen molar-refractivity contribution in [3.63, 3.8) is 0 Å². The third kappa shape index (κ3) is 9.29. The highest BCUT2D eigenvalue weighted by Gasteiger charge is 2.25. The number of nitrogens with one attached hydrogen (secondary N) is 1. The van der Waals surface area contributed by atoms with E-state index in [-0.39, 0.29) is 6.54 Å². The van der Waals surface area contributed by atoms with E-state index in [2.05, 4.69) is 5.32 Å². The standard InChI is InChI=1S/C6H11F3N2/c7-6(8,9)2-5-11-4-1-3-10/h1,4,11H,2-3,5,10H2/b4-1-. The molecular formula is C6H11F3N2. The van der Waals surface area contributed by atoms with E-state index in [1.54, 1.807) is 6.08 Å².